The fourth-order valence-corrected chi connectivity index (χ4v) is 6.24. The third kappa shape index (κ3) is 3.31. The lowest BCUT2D eigenvalue weighted by atomic mass is 9.89. The van der Waals surface area contributed by atoms with Crippen LogP contribution >= 0.6 is 0 Å². The molecule has 3 heterocycles. The average Bonchev–Trinajstić information content (AvgIpc) is 3.55. The van der Waals surface area contributed by atoms with E-state index in [2.05, 4.69) is 24.3 Å². The van der Waals surface area contributed by atoms with Gasteiger partial charge in [0.05, 0.1) is 6.04 Å². The topological polar surface area (TPSA) is 96.4 Å². The van der Waals surface area contributed by atoms with E-state index in [1.165, 1.54) is 9.80 Å². The molecule has 2 saturated heterocycles. The number of hydrogen-bond acceptors (Lipinski definition) is 5. The van der Waals surface area contributed by atoms with E-state index < -0.39 is 24.0 Å². The predicted octanol–water partition coefficient (Wildman–Crippen LogP) is 4.35. The summed E-state index contributed by atoms with van der Waals surface area (Å²) < 4.78 is 10.8. The summed E-state index contributed by atoms with van der Waals surface area (Å²) in [6.07, 6.45) is 3.13. The van der Waals surface area contributed by atoms with Crippen LogP contribution in [0.2, 0.25) is 0 Å². The summed E-state index contributed by atoms with van der Waals surface area (Å²) in [4.78, 5) is 41.2. The van der Waals surface area contributed by atoms with Crippen LogP contribution in [0.5, 0.6) is 0 Å². The molecule has 1 aliphatic carbocycles. The van der Waals surface area contributed by atoms with Gasteiger partial charge in [-0.2, -0.15) is 0 Å². The lowest BCUT2D eigenvalue weighted by Crippen LogP contribution is -2.62. The zero-order valence-electron chi connectivity index (χ0n) is 19.1. The van der Waals surface area contributed by atoms with Crippen molar-refractivity contribution in [2.24, 2.45) is 0 Å². The van der Waals surface area contributed by atoms with Gasteiger partial charge in [-0.25, -0.2) is 9.59 Å². The number of amides is 2. The minimum Gasteiger partial charge on any atom is -0.450 e. The number of carbonyl (C=O) groups is 3. The van der Waals surface area contributed by atoms with Gasteiger partial charge in [-0.05, 0) is 41.5 Å². The molecule has 2 aromatic carbocycles. The molecule has 8 heteroatoms. The number of nitrogens with zero attached hydrogens (tertiary/aromatic N) is 2. The van der Waals surface area contributed by atoms with E-state index in [1.54, 1.807) is 0 Å². The molecule has 8 nitrogen and oxygen atoms in total. The molecular formula is C27H26N2O6. The Morgan fingerprint density at radius 1 is 1.03 bits per heavy atom. The van der Waals surface area contributed by atoms with Crippen molar-refractivity contribution in [1.29, 1.82) is 0 Å². The molecule has 2 aromatic rings. The van der Waals surface area contributed by atoms with Crippen LogP contribution in [0.15, 0.2) is 60.7 Å². The van der Waals surface area contributed by atoms with E-state index in [4.69, 9.17) is 14.6 Å². The SMILES string of the molecule is O=C(O)O[C@H]1CC[C@H]2C=C[C@]3(CCCN3C(=O)OCC3c4ccccc4-c4ccccc43)C(=O)N21. The maximum Gasteiger partial charge on any atom is 0.507 e. The first-order valence-corrected chi connectivity index (χ1v) is 12.0. The van der Waals surface area contributed by atoms with Crippen LogP contribution < -0.4 is 0 Å². The first-order chi connectivity index (χ1) is 17.0. The number of likely N-dealkylation sites (tertiary alicyclic amines) is 1. The number of ether oxygens (including phenoxy) is 2. The predicted molar refractivity (Wildman–Crippen MR) is 126 cm³/mol. The van der Waals surface area contributed by atoms with Crippen molar-refractivity contribution < 1.29 is 29.0 Å². The summed E-state index contributed by atoms with van der Waals surface area (Å²) in [5, 5.41) is 9.10. The summed E-state index contributed by atoms with van der Waals surface area (Å²) in [6.45, 7) is 0.574. The Kier molecular flexibility index (Phi) is 5.05. The molecule has 0 bridgehead atoms. The van der Waals surface area contributed by atoms with Gasteiger partial charge in [0.1, 0.15) is 12.1 Å². The molecule has 2 amide bonds. The minimum absolute atomic E-state index is 0.0705. The molecule has 0 radical (unpaired) electrons. The van der Waals surface area contributed by atoms with Crippen molar-refractivity contribution in [3.63, 3.8) is 0 Å². The minimum atomic E-state index is -1.41. The van der Waals surface area contributed by atoms with Crippen LogP contribution in [0.4, 0.5) is 9.59 Å². The highest BCUT2D eigenvalue weighted by Gasteiger charge is 2.56. The molecule has 2 fully saturated rings. The van der Waals surface area contributed by atoms with Crippen molar-refractivity contribution in [2.45, 2.75) is 49.4 Å². The summed E-state index contributed by atoms with van der Waals surface area (Å²) >= 11 is 0. The molecule has 6 rings (SSSR count). The maximum atomic E-state index is 13.7. The van der Waals surface area contributed by atoms with Gasteiger partial charge in [-0.15, -0.1) is 0 Å². The summed E-state index contributed by atoms with van der Waals surface area (Å²) in [7, 11) is 0. The molecule has 3 atom stereocenters. The van der Waals surface area contributed by atoms with Gasteiger partial charge in [0.15, 0.2) is 6.23 Å². The van der Waals surface area contributed by atoms with E-state index in [-0.39, 0.29) is 24.5 Å². The molecule has 0 aromatic heterocycles. The standard InChI is InChI=1S/C27H26N2O6/c30-24-27(14-12-17-10-11-23(29(17)24)35-26(32)33)13-5-15-28(27)25(31)34-16-22-20-8-3-1-6-18(20)19-7-2-4-9-21(19)22/h1-4,6-9,12,14,17,22-23H,5,10-11,13,15-16H2,(H,32,33)/t17-,23-,27+/m0/s1. The summed E-state index contributed by atoms with van der Waals surface area (Å²) in [5.41, 5.74) is 3.39. The van der Waals surface area contributed by atoms with Crippen molar-refractivity contribution in [3.8, 4) is 11.1 Å². The molecule has 180 valence electrons. The number of fused-ring (bicyclic) bond motifs is 4. The number of carboxylic acid groups (broad SMARTS) is 1. The van der Waals surface area contributed by atoms with Crippen molar-refractivity contribution in [3.05, 3.63) is 71.8 Å². The Labute approximate surface area is 202 Å². The summed E-state index contributed by atoms with van der Waals surface area (Å²) in [6, 6.07) is 16.1. The maximum absolute atomic E-state index is 13.7. The zero-order valence-corrected chi connectivity index (χ0v) is 19.1. The van der Waals surface area contributed by atoms with E-state index in [1.807, 2.05) is 36.4 Å². The number of rotatable bonds is 3. The highest BCUT2D eigenvalue weighted by atomic mass is 16.7. The van der Waals surface area contributed by atoms with Gasteiger partial charge >= 0.3 is 12.2 Å². The molecule has 35 heavy (non-hydrogen) atoms. The first-order valence-electron chi connectivity index (χ1n) is 12.0. The number of benzene rings is 2. The number of carbonyl (C=O) groups excluding carboxylic acids is 2. The smallest absolute Gasteiger partial charge is 0.450 e. The second kappa shape index (κ2) is 8.15. The molecule has 1 N–H and O–H groups in total. The van der Waals surface area contributed by atoms with Crippen molar-refractivity contribution >= 4 is 18.2 Å². The Balaban J connectivity index is 1.23. The highest BCUT2D eigenvalue weighted by molar-refractivity contribution is 5.94. The van der Waals surface area contributed by atoms with Gasteiger partial charge in [0, 0.05) is 18.9 Å². The first kappa shape index (κ1) is 21.7. The van der Waals surface area contributed by atoms with Crippen LogP contribution in [0.25, 0.3) is 11.1 Å². The van der Waals surface area contributed by atoms with Crippen LogP contribution in [0.1, 0.15) is 42.7 Å². The van der Waals surface area contributed by atoms with E-state index >= 15 is 0 Å². The Morgan fingerprint density at radius 2 is 1.71 bits per heavy atom. The molecule has 0 unspecified atom stereocenters. The van der Waals surface area contributed by atoms with Crippen molar-refractivity contribution in [1.82, 2.24) is 9.80 Å². The molecule has 4 aliphatic rings. The van der Waals surface area contributed by atoms with Crippen molar-refractivity contribution in [2.75, 3.05) is 13.2 Å². The van der Waals surface area contributed by atoms with Gasteiger partial charge in [0.25, 0.3) is 5.91 Å². The lowest BCUT2D eigenvalue weighted by Gasteiger charge is -2.43. The van der Waals surface area contributed by atoms with Crippen LogP contribution in [-0.4, -0.2) is 64.0 Å². The van der Waals surface area contributed by atoms with Gasteiger partial charge in [-0.3, -0.25) is 14.6 Å². The fourth-order valence-electron chi connectivity index (χ4n) is 6.24. The molecular weight excluding hydrogens is 448 g/mol. The Hall–Kier alpha value is -3.81. The Morgan fingerprint density at radius 3 is 2.40 bits per heavy atom. The molecule has 0 saturated carbocycles. The van der Waals surface area contributed by atoms with Gasteiger partial charge in [-0.1, -0.05) is 60.7 Å². The van der Waals surface area contributed by atoms with Crippen LogP contribution in [0, 0.1) is 0 Å². The molecule has 3 aliphatic heterocycles. The normalized spacial score (nSPS) is 26.6. The quantitative estimate of drug-likeness (QED) is 0.525. The largest absolute Gasteiger partial charge is 0.507 e. The average molecular weight is 475 g/mol. The fraction of sp³-hybridized carbons (Fsp3) is 0.370. The van der Waals surface area contributed by atoms with E-state index in [0.29, 0.717) is 32.2 Å². The summed E-state index contributed by atoms with van der Waals surface area (Å²) in [5.74, 6) is -0.362. The van der Waals surface area contributed by atoms with Gasteiger partial charge < -0.3 is 14.6 Å². The van der Waals surface area contributed by atoms with E-state index in [0.717, 1.165) is 22.3 Å². The molecule has 1 spiro atoms. The second-order valence-corrected chi connectivity index (χ2v) is 9.54. The Bertz CT molecular complexity index is 1200. The monoisotopic (exact) mass is 474 g/mol. The number of hydrogen-bond donors (Lipinski definition) is 1. The van der Waals surface area contributed by atoms with Gasteiger partial charge in [0.2, 0.25) is 0 Å². The third-order valence-electron chi connectivity index (χ3n) is 7.79. The van der Waals surface area contributed by atoms with Crippen LogP contribution in [0.3, 0.4) is 0 Å². The third-order valence-corrected chi connectivity index (χ3v) is 7.79. The van der Waals surface area contributed by atoms with Crippen LogP contribution in [-0.2, 0) is 14.3 Å². The zero-order chi connectivity index (χ0) is 24.2. The second-order valence-electron chi connectivity index (χ2n) is 9.54. The lowest BCUT2D eigenvalue weighted by molar-refractivity contribution is -0.150. The highest BCUT2D eigenvalue weighted by Crippen LogP contribution is 2.45. The van der Waals surface area contributed by atoms with E-state index in [9.17, 15) is 14.4 Å².